The normalized spacial score (nSPS) is 3.25. The Labute approximate surface area is 54.1 Å². The third-order valence-electron chi connectivity index (χ3n) is 0. The molecule has 0 amide bonds. The summed E-state index contributed by atoms with van der Waals surface area (Å²) in [7, 11) is 0. The molecule has 0 rings (SSSR count). The molecule has 0 heterocycles. The van der Waals surface area contributed by atoms with Gasteiger partial charge in [-0.15, -0.1) is 0 Å². The zero-order valence-electron chi connectivity index (χ0n) is 2.36. The van der Waals surface area contributed by atoms with E-state index in [-0.39, 0.29) is 31.0 Å². The third-order valence-corrected chi connectivity index (χ3v) is 0. The van der Waals surface area contributed by atoms with E-state index >= 15 is 0 Å². The maximum absolute atomic E-state index is 9.50. The van der Waals surface area contributed by atoms with Gasteiger partial charge in [0.25, 0.3) is 0 Å². The summed E-state index contributed by atoms with van der Waals surface area (Å²) in [6, 6.07) is 0. The van der Waals surface area contributed by atoms with Crippen molar-refractivity contribution >= 4 is 18.2 Å². The van der Waals surface area contributed by atoms with Crippen molar-refractivity contribution in [2.24, 2.45) is 0 Å². The van der Waals surface area contributed by atoms with E-state index in [9.17, 15) is 3.38 Å². The first-order valence-corrected chi connectivity index (χ1v) is 1.77. The SMILES string of the molecule is [Li][F].[O]=[Y]. The Hall–Kier alpha value is 1.43. The summed E-state index contributed by atoms with van der Waals surface area (Å²) in [5.41, 5.74) is 0. The van der Waals surface area contributed by atoms with Crippen LogP contribution in [0.4, 0.5) is 3.38 Å². The second kappa shape index (κ2) is 25.5. The van der Waals surface area contributed by atoms with Gasteiger partial charge in [0.05, 0.1) is 0 Å². The Balaban J connectivity index is 0. The van der Waals surface area contributed by atoms with Crippen molar-refractivity contribution < 1.29 is 36.4 Å². The molecule has 0 unspecified atom stereocenters. The van der Waals surface area contributed by atoms with E-state index in [1.54, 1.807) is 0 Å². The van der Waals surface area contributed by atoms with Crippen molar-refractivity contribution in [1.82, 2.24) is 0 Å². The molecule has 0 aromatic carbocycles. The summed E-state index contributed by atoms with van der Waals surface area (Å²) in [5, 5.41) is 0. The van der Waals surface area contributed by atoms with Crippen LogP contribution in [0.2, 0.25) is 0 Å². The molecule has 4 heteroatoms. The van der Waals surface area contributed by atoms with Crippen LogP contribution >= 0.6 is 0 Å². The van der Waals surface area contributed by atoms with Crippen LogP contribution in [-0.2, 0) is 33.1 Å². The van der Waals surface area contributed by atoms with E-state index in [1.807, 2.05) is 0 Å². The minimum absolute atomic E-state index is 0.100. The van der Waals surface area contributed by atoms with E-state index in [0.717, 1.165) is 0 Å². The van der Waals surface area contributed by atoms with Gasteiger partial charge in [-0.1, -0.05) is 0 Å². The van der Waals surface area contributed by atoms with Crippen molar-refractivity contribution in [1.29, 1.82) is 0 Å². The van der Waals surface area contributed by atoms with Gasteiger partial charge in [0.2, 0.25) is 0 Å². The average Bonchev–Trinajstić information content (AvgIpc) is 1.50. The van der Waals surface area contributed by atoms with E-state index in [0.29, 0.717) is 18.2 Å². The number of halogens is 1. The van der Waals surface area contributed by atoms with Crippen LogP contribution in [0.25, 0.3) is 0 Å². The van der Waals surface area contributed by atoms with Crippen molar-refractivity contribution in [3.05, 3.63) is 0 Å². The average molecular weight is 131 g/mol. The van der Waals surface area contributed by atoms with Crippen LogP contribution in [0.1, 0.15) is 0 Å². The van der Waals surface area contributed by atoms with Crippen LogP contribution in [0.5, 0.6) is 0 Å². The molecule has 1 nitrogen and oxygen atoms in total. The van der Waals surface area contributed by atoms with Gasteiger partial charge < -0.3 is 0 Å². The molecule has 17 valence electrons. The third kappa shape index (κ3) is 9.90. The molecule has 4 heavy (non-hydrogen) atoms. The Morgan fingerprint density at radius 2 is 1.50 bits per heavy atom. The quantitative estimate of drug-likeness (QED) is 0.420. The summed E-state index contributed by atoms with van der Waals surface area (Å²) in [6.45, 7) is 0. The van der Waals surface area contributed by atoms with Gasteiger partial charge >= 0.3 is 54.6 Å². The Bertz CT molecular complexity index is 8.00. The Kier molecular flexibility index (Phi) is 57.7. The summed E-state index contributed by atoms with van der Waals surface area (Å²) >= 11 is 0.600. The van der Waals surface area contributed by atoms with Gasteiger partial charge in [-0.25, -0.2) is 0 Å². The summed E-state index contributed by atoms with van der Waals surface area (Å²) in [6.07, 6.45) is 0. The molecular weight excluding hydrogens is 131 g/mol. The van der Waals surface area contributed by atoms with Gasteiger partial charge in [-0.2, -0.15) is 0 Å². The van der Waals surface area contributed by atoms with Crippen molar-refractivity contribution in [3.8, 4) is 0 Å². The fraction of sp³-hybridized carbons (Fsp3) is 0. The second-order valence-corrected chi connectivity index (χ2v) is 0. The molecule has 0 aromatic rings. The monoisotopic (exact) mass is 131 g/mol. The Morgan fingerprint density at radius 3 is 1.50 bits per heavy atom. The zero-order valence-corrected chi connectivity index (χ0v) is 5.20. The second-order valence-electron chi connectivity index (χ2n) is 0. The topological polar surface area (TPSA) is 17.1 Å². The first-order chi connectivity index (χ1) is 2.00. The molecule has 0 spiro atoms. The van der Waals surface area contributed by atoms with Gasteiger partial charge in [-0.3, -0.25) is 0 Å². The molecule has 0 radical (unpaired) electrons. The molecular formula is FLiOY. The molecule has 0 aromatic heterocycles. The predicted molar refractivity (Wildman–Crippen MR) is 7.55 cm³/mol. The predicted octanol–water partition coefficient (Wildman–Crippen LogP) is -0.0819. The van der Waals surface area contributed by atoms with Gasteiger partial charge in [0, 0.05) is 0 Å². The summed E-state index contributed by atoms with van der Waals surface area (Å²) in [4.78, 5) is 0. The fourth-order valence-corrected chi connectivity index (χ4v) is 0. The molecule has 0 fully saturated rings. The maximum atomic E-state index is 9.50. The molecule has 0 aliphatic heterocycles. The molecule has 0 saturated heterocycles. The standard InChI is InChI=1S/FH.Li.O.Y/h1H;;;/q;+1;;/p-1. The first-order valence-electron chi connectivity index (χ1n) is 0.614. The Morgan fingerprint density at radius 1 is 1.50 bits per heavy atom. The van der Waals surface area contributed by atoms with Crippen LogP contribution in [-0.4, -0.2) is 18.2 Å². The van der Waals surface area contributed by atoms with Gasteiger partial charge in [-0.05, 0) is 0 Å². The van der Waals surface area contributed by atoms with E-state index in [4.69, 9.17) is 2.04 Å². The van der Waals surface area contributed by atoms with E-state index in [1.165, 1.54) is 0 Å². The molecule has 0 aliphatic carbocycles. The molecule has 0 atom stereocenters. The molecule has 0 aliphatic rings. The van der Waals surface area contributed by atoms with Gasteiger partial charge in [0.1, 0.15) is 0 Å². The van der Waals surface area contributed by atoms with E-state index < -0.39 is 0 Å². The van der Waals surface area contributed by atoms with Crippen molar-refractivity contribution in [3.63, 3.8) is 0 Å². The minimum atomic E-state index is 0.100. The van der Waals surface area contributed by atoms with Crippen molar-refractivity contribution in [2.45, 2.75) is 0 Å². The van der Waals surface area contributed by atoms with Crippen LogP contribution in [0.3, 0.4) is 0 Å². The molecule has 0 bridgehead atoms. The van der Waals surface area contributed by atoms with Crippen LogP contribution in [0, 0.1) is 0 Å². The van der Waals surface area contributed by atoms with E-state index in [2.05, 4.69) is 0 Å². The number of hydrogen-bond acceptors (Lipinski definition) is 1. The van der Waals surface area contributed by atoms with Gasteiger partial charge in [0.15, 0.2) is 0 Å². The fourth-order valence-electron chi connectivity index (χ4n) is 0. The summed E-state index contributed by atoms with van der Waals surface area (Å²) < 4.78 is 17.9. The number of rotatable bonds is 0. The first kappa shape index (κ1) is 9.06. The van der Waals surface area contributed by atoms with Crippen LogP contribution < -0.4 is 0 Å². The number of hydrogen-bond donors (Lipinski definition) is 0. The zero-order chi connectivity index (χ0) is 4.00. The molecule has 0 saturated carbocycles. The van der Waals surface area contributed by atoms with Crippen LogP contribution in [0.15, 0.2) is 0 Å². The van der Waals surface area contributed by atoms with Crippen molar-refractivity contribution in [2.75, 3.05) is 0 Å². The summed E-state index contributed by atoms with van der Waals surface area (Å²) in [5.74, 6) is 0. The molecule has 0 N–H and O–H groups in total.